The molecule has 2 aliphatic rings. The van der Waals surface area contributed by atoms with Crippen LogP contribution in [-0.4, -0.2) is 58.5 Å². The lowest BCUT2D eigenvalue weighted by atomic mass is 10.0. The van der Waals surface area contributed by atoms with Crippen molar-refractivity contribution in [1.29, 1.82) is 0 Å². The van der Waals surface area contributed by atoms with E-state index < -0.39 is 29.7 Å². The van der Waals surface area contributed by atoms with Crippen molar-refractivity contribution in [2.45, 2.75) is 43.9 Å². The maximum atomic E-state index is 13.2. The van der Waals surface area contributed by atoms with Gasteiger partial charge in [0.2, 0.25) is 5.78 Å². The predicted molar refractivity (Wildman–Crippen MR) is 142 cm³/mol. The number of nitrogens with one attached hydrogen (secondary N) is 1. The molecule has 1 amide bonds. The molecule has 9 heteroatoms. The zero-order valence-electron chi connectivity index (χ0n) is 20.8. The summed E-state index contributed by atoms with van der Waals surface area (Å²) < 4.78 is 18.9. The first kappa shape index (κ1) is 26.3. The lowest BCUT2D eigenvalue weighted by Crippen LogP contribution is -2.48. The average Bonchev–Trinajstić information content (AvgIpc) is 3.60. The van der Waals surface area contributed by atoms with Crippen LogP contribution in [0.3, 0.4) is 0 Å². The minimum absolute atomic E-state index is 0.192. The molecule has 3 aromatic rings. The van der Waals surface area contributed by atoms with Gasteiger partial charge in [0, 0.05) is 17.7 Å². The maximum Gasteiger partial charge on any atom is 0.292 e. The van der Waals surface area contributed by atoms with E-state index in [9.17, 15) is 19.1 Å². The number of Topliss-reactive ketones (excluding diaryl/α,β-unsaturated/α-hetero) is 1. The summed E-state index contributed by atoms with van der Waals surface area (Å²) >= 11 is 6.41. The number of aromatic nitrogens is 1. The van der Waals surface area contributed by atoms with Gasteiger partial charge in [0.1, 0.15) is 17.7 Å². The van der Waals surface area contributed by atoms with Crippen LogP contribution < -0.4 is 10.1 Å². The molecular weight excluding hydrogens is 509 g/mol. The first-order valence-corrected chi connectivity index (χ1v) is 13.2. The Morgan fingerprint density at radius 2 is 1.84 bits per heavy atom. The highest BCUT2D eigenvalue weighted by Crippen LogP contribution is 2.34. The Hall–Kier alpha value is -3.33. The molecular formula is C29H29ClFN3O4. The van der Waals surface area contributed by atoms with Crippen LogP contribution in [0.1, 0.15) is 47.7 Å². The molecule has 0 spiro atoms. The molecule has 1 saturated heterocycles. The van der Waals surface area contributed by atoms with Crippen LogP contribution in [0.25, 0.3) is 11.3 Å². The molecule has 198 valence electrons. The molecule has 2 fully saturated rings. The molecule has 1 aliphatic carbocycles. The molecule has 0 radical (unpaired) electrons. The number of likely N-dealkylation sites (tertiary alicyclic amines) is 1. The summed E-state index contributed by atoms with van der Waals surface area (Å²) in [6, 6.07) is 13.6. The number of aliphatic hydroxyl groups is 1. The SMILES string of the molecule is O=C(NC(CN1CCCC1)C(O)c1ccc(OC2CC2)c(Cl)c1)C(=O)c1ccc(-c2ccc(F)cn2)cc1. The third kappa shape index (κ3) is 6.38. The van der Waals surface area contributed by atoms with Gasteiger partial charge in [0.05, 0.1) is 29.1 Å². The number of ketones is 1. The molecule has 1 aromatic heterocycles. The molecule has 1 saturated carbocycles. The van der Waals surface area contributed by atoms with Crippen LogP contribution in [0.15, 0.2) is 60.8 Å². The maximum absolute atomic E-state index is 13.2. The Morgan fingerprint density at radius 1 is 1.11 bits per heavy atom. The van der Waals surface area contributed by atoms with Crippen molar-refractivity contribution in [3.05, 3.63) is 82.8 Å². The van der Waals surface area contributed by atoms with E-state index in [4.69, 9.17) is 16.3 Å². The number of aliphatic hydroxyl groups excluding tert-OH is 1. The zero-order chi connectivity index (χ0) is 26.6. The van der Waals surface area contributed by atoms with Gasteiger partial charge in [-0.25, -0.2) is 4.39 Å². The van der Waals surface area contributed by atoms with Gasteiger partial charge in [-0.3, -0.25) is 14.6 Å². The topological polar surface area (TPSA) is 91.8 Å². The third-order valence-electron chi connectivity index (χ3n) is 6.84. The second-order valence-corrected chi connectivity index (χ2v) is 10.2. The summed E-state index contributed by atoms with van der Waals surface area (Å²) in [6.45, 7) is 2.12. The van der Waals surface area contributed by atoms with Gasteiger partial charge in [-0.15, -0.1) is 0 Å². The number of ether oxygens (including phenoxy) is 1. The summed E-state index contributed by atoms with van der Waals surface area (Å²) in [7, 11) is 0. The number of nitrogens with zero attached hydrogens (tertiary/aromatic N) is 2. The van der Waals surface area contributed by atoms with Gasteiger partial charge in [0.15, 0.2) is 0 Å². The predicted octanol–water partition coefficient (Wildman–Crippen LogP) is 4.58. The molecule has 7 nitrogen and oxygen atoms in total. The largest absolute Gasteiger partial charge is 0.489 e. The van der Waals surface area contributed by atoms with E-state index in [2.05, 4.69) is 15.2 Å². The number of carbonyl (C=O) groups is 2. The van der Waals surface area contributed by atoms with Gasteiger partial charge in [-0.1, -0.05) is 41.9 Å². The highest BCUT2D eigenvalue weighted by molar-refractivity contribution is 6.42. The number of hydrogen-bond acceptors (Lipinski definition) is 6. The molecule has 2 unspecified atom stereocenters. The van der Waals surface area contributed by atoms with Crippen LogP contribution in [0.5, 0.6) is 5.75 Å². The molecule has 2 N–H and O–H groups in total. The second kappa shape index (κ2) is 11.6. The highest BCUT2D eigenvalue weighted by Gasteiger charge is 2.30. The minimum atomic E-state index is -1.08. The molecule has 5 rings (SSSR count). The molecule has 2 aromatic carbocycles. The highest BCUT2D eigenvalue weighted by atomic mass is 35.5. The van der Waals surface area contributed by atoms with Gasteiger partial charge >= 0.3 is 0 Å². The number of pyridine rings is 1. The van der Waals surface area contributed by atoms with Crippen LogP contribution in [-0.2, 0) is 4.79 Å². The monoisotopic (exact) mass is 537 g/mol. The smallest absolute Gasteiger partial charge is 0.292 e. The fraction of sp³-hybridized carbons (Fsp3) is 0.345. The number of hydrogen-bond donors (Lipinski definition) is 2. The van der Waals surface area contributed by atoms with E-state index in [-0.39, 0.29) is 11.7 Å². The third-order valence-corrected chi connectivity index (χ3v) is 7.14. The Bertz CT molecular complexity index is 1290. The average molecular weight is 538 g/mol. The van der Waals surface area contributed by atoms with E-state index >= 15 is 0 Å². The lowest BCUT2D eigenvalue weighted by molar-refractivity contribution is -0.118. The lowest BCUT2D eigenvalue weighted by Gasteiger charge is -2.28. The van der Waals surface area contributed by atoms with Crippen LogP contribution in [0, 0.1) is 5.82 Å². The van der Waals surface area contributed by atoms with Crippen molar-refractivity contribution in [2.24, 2.45) is 0 Å². The summed E-state index contributed by atoms with van der Waals surface area (Å²) in [4.78, 5) is 32.2. The quantitative estimate of drug-likeness (QED) is 0.290. The van der Waals surface area contributed by atoms with Crippen LogP contribution in [0.4, 0.5) is 4.39 Å². The van der Waals surface area contributed by atoms with Crippen molar-refractivity contribution in [2.75, 3.05) is 19.6 Å². The molecule has 2 heterocycles. The number of benzene rings is 2. The van der Waals surface area contributed by atoms with Crippen LogP contribution >= 0.6 is 11.6 Å². The van der Waals surface area contributed by atoms with E-state index in [0.29, 0.717) is 34.1 Å². The van der Waals surface area contributed by atoms with E-state index in [1.807, 2.05) is 0 Å². The summed E-state index contributed by atoms with van der Waals surface area (Å²) in [6.07, 6.45) is 4.33. The zero-order valence-corrected chi connectivity index (χ0v) is 21.5. The van der Waals surface area contributed by atoms with Gasteiger partial charge in [-0.05, 0) is 68.6 Å². The van der Waals surface area contributed by atoms with Crippen LogP contribution in [0.2, 0.25) is 5.02 Å². The number of halogens is 2. The van der Waals surface area contributed by atoms with E-state index in [1.165, 1.54) is 18.2 Å². The summed E-state index contributed by atoms with van der Waals surface area (Å²) in [5.41, 5.74) is 1.98. The van der Waals surface area contributed by atoms with E-state index in [1.54, 1.807) is 36.4 Å². The van der Waals surface area contributed by atoms with Crippen molar-refractivity contribution in [3.8, 4) is 17.0 Å². The first-order valence-electron chi connectivity index (χ1n) is 12.8. The van der Waals surface area contributed by atoms with Gasteiger partial charge in [0.25, 0.3) is 5.91 Å². The Labute approximate surface area is 225 Å². The molecule has 0 bridgehead atoms. The Kier molecular flexibility index (Phi) is 8.02. The van der Waals surface area contributed by atoms with Crippen molar-refractivity contribution in [1.82, 2.24) is 15.2 Å². The van der Waals surface area contributed by atoms with Crippen molar-refractivity contribution >= 4 is 23.3 Å². The fourth-order valence-electron chi connectivity index (χ4n) is 4.57. The van der Waals surface area contributed by atoms with Gasteiger partial charge in [-0.2, -0.15) is 0 Å². The second-order valence-electron chi connectivity index (χ2n) is 9.81. The fourth-order valence-corrected chi connectivity index (χ4v) is 4.80. The molecule has 1 aliphatic heterocycles. The van der Waals surface area contributed by atoms with E-state index in [0.717, 1.165) is 45.0 Å². The Balaban J connectivity index is 1.29. The molecule has 2 atom stereocenters. The summed E-state index contributed by atoms with van der Waals surface area (Å²) in [5.74, 6) is -1.39. The van der Waals surface area contributed by atoms with Crippen molar-refractivity contribution < 1.29 is 23.8 Å². The summed E-state index contributed by atoms with van der Waals surface area (Å²) in [5, 5.41) is 14.4. The number of carbonyl (C=O) groups excluding carboxylic acids is 2. The first-order chi connectivity index (χ1) is 18.4. The van der Waals surface area contributed by atoms with Gasteiger partial charge < -0.3 is 20.1 Å². The molecule has 38 heavy (non-hydrogen) atoms. The Morgan fingerprint density at radius 3 is 2.47 bits per heavy atom. The normalized spacial score (nSPS) is 17.1. The standard InChI is InChI=1S/C29H29ClFN3O4/c30-23-15-20(7-12-26(23)38-22-9-10-22)27(35)25(17-34-13-1-2-14-34)33-29(37)28(36)19-5-3-18(4-6-19)24-11-8-21(31)16-32-24/h3-8,11-12,15-16,22,25,27,35H,1-2,9-10,13-14,17H2,(H,33,37). The minimum Gasteiger partial charge on any atom is -0.489 e. The number of rotatable bonds is 10. The van der Waals surface area contributed by atoms with Crippen molar-refractivity contribution in [3.63, 3.8) is 0 Å². The number of amides is 1.